The number of carbonyl (C=O) groups excluding carboxylic acids is 2. The molecule has 1 saturated heterocycles. The summed E-state index contributed by atoms with van der Waals surface area (Å²) in [5.74, 6) is 0.358. The number of piperidine rings is 1. The summed E-state index contributed by atoms with van der Waals surface area (Å²) in [6, 6.07) is 7.38. The minimum Gasteiger partial charge on any atom is -0.451 e. The smallest absolute Gasteiger partial charge is 0.339 e. The van der Waals surface area contributed by atoms with Crippen LogP contribution < -0.4 is 4.74 Å². The summed E-state index contributed by atoms with van der Waals surface area (Å²) in [6.07, 6.45) is 9.79. The minimum atomic E-state index is -0.642. The first-order valence-corrected chi connectivity index (χ1v) is 12.3. The fourth-order valence-electron chi connectivity index (χ4n) is 5.48. The van der Waals surface area contributed by atoms with Crippen LogP contribution in [-0.2, 0) is 15.1 Å². The van der Waals surface area contributed by atoms with Crippen molar-refractivity contribution in [2.45, 2.75) is 50.5 Å². The van der Waals surface area contributed by atoms with Crippen LogP contribution in [0.4, 0.5) is 0 Å². The lowest BCUT2D eigenvalue weighted by atomic mass is 9.74. The van der Waals surface area contributed by atoms with Gasteiger partial charge < -0.3 is 19.3 Å². The Kier molecular flexibility index (Phi) is 6.50. The maximum absolute atomic E-state index is 13.1. The van der Waals surface area contributed by atoms with Crippen molar-refractivity contribution in [3.8, 4) is 11.8 Å². The molecule has 0 radical (unpaired) electrons. The Balaban J connectivity index is 1.20. The van der Waals surface area contributed by atoms with Crippen LogP contribution in [0.5, 0.6) is 11.8 Å². The monoisotopic (exact) mass is 464 g/mol. The Morgan fingerprint density at radius 2 is 1.91 bits per heavy atom. The van der Waals surface area contributed by atoms with E-state index in [0.29, 0.717) is 24.2 Å². The molecule has 8 heteroatoms. The van der Waals surface area contributed by atoms with Gasteiger partial charge in [-0.2, -0.15) is 0 Å². The van der Waals surface area contributed by atoms with Crippen molar-refractivity contribution in [1.82, 2.24) is 19.8 Å². The van der Waals surface area contributed by atoms with Crippen molar-refractivity contribution in [1.29, 1.82) is 0 Å². The lowest BCUT2D eigenvalue weighted by Gasteiger charge is -2.37. The molecule has 1 aromatic heterocycles. The average Bonchev–Trinajstić information content (AvgIpc) is 3.14. The molecule has 2 aromatic rings. The van der Waals surface area contributed by atoms with Crippen LogP contribution in [0.2, 0.25) is 0 Å². The normalized spacial score (nSPS) is 24.5. The van der Waals surface area contributed by atoms with E-state index in [1.165, 1.54) is 19.3 Å². The van der Waals surface area contributed by atoms with Crippen molar-refractivity contribution >= 4 is 11.9 Å². The number of nitrogens with zero attached hydrogens (tertiary/aromatic N) is 4. The Morgan fingerprint density at radius 1 is 1.18 bits per heavy atom. The predicted octanol–water partition coefficient (Wildman–Crippen LogP) is 3.77. The largest absolute Gasteiger partial charge is 0.451 e. The van der Waals surface area contributed by atoms with E-state index in [1.54, 1.807) is 24.5 Å². The predicted molar refractivity (Wildman–Crippen MR) is 126 cm³/mol. The number of carbonyl (C=O) groups is 2. The molecule has 2 aliphatic heterocycles. The number of benzene rings is 1. The molecule has 1 aliphatic carbocycles. The van der Waals surface area contributed by atoms with Gasteiger partial charge in [-0.05, 0) is 69.8 Å². The number of likely N-dealkylation sites (N-methyl/N-ethyl adjacent to an activating group) is 1. The van der Waals surface area contributed by atoms with E-state index in [2.05, 4.69) is 14.9 Å². The van der Waals surface area contributed by atoms with Crippen molar-refractivity contribution < 1.29 is 19.1 Å². The number of fused-ring (bicyclic) bond motifs is 2. The van der Waals surface area contributed by atoms with Crippen LogP contribution in [0.1, 0.15) is 60.9 Å². The number of aromatic nitrogens is 2. The molecule has 1 saturated carbocycles. The molecule has 34 heavy (non-hydrogen) atoms. The van der Waals surface area contributed by atoms with Crippen LogP contribution in [0, 0.1) is 5.92 Å². The Labute approximate surface area is 200 Å². The fraction of sp³-hybridized carbons (Fsp3) is 0.538. The molecule has 0 bridgehead atoms. The maximum atomic E-state index is 13.1. The van der Waals surface area contributed by atoms with Crippen LogP contribution >= 0.6 is 0 Å². The molecule has 0 atom stereocenters. The van der Waals surface area contributed by atoms with Gasteiger partial charge in [-0.3, -0.25) is 4.79 Å². The van der Waals surface area contributed by atoms with Gasteiger partial charge in [0.15, 0.2) is 0 Å². The molecule has 3 heterocycles. The summed E-state index contributed by atoms with van der Waals surface area (Å²) in [7, 11) is 1.92. The van der Waals surface area contributed by atoms with Gasteiger partial charge in [0.05, 0.1) is 5.56 Å². The van der Waals surface area contributed by atoms with Crippen LogP contribution in [-0.4, -0.2) is 64.9 Å². The zero-order valence-corrected chi connectivity index (χ0v) is 19.7. The van der Waals surface area contributed by atoms with E-state index in [0.717, 1.165) is 44.6 Å². The standard InChI is InChI=1S/C26H32N4O4/c1-29(16-17-30-14-3-2-4-15-30)23(31)19-8-10-26(11-9-19)22-7-6-20(18-21(22)24(32)34-26)33-25-27-12-5-13-28-25/h5-7,12-13,18-19H,2-4,8-11,14-17H2,1H3. The topological polar surface area (TPSA) is 84.9 Å². The highest BCUT2D eigenvalue weighted by molar-refractivity contribution is 5.95. The lowest BCUT2D eigenvalue weighted by molar-refractivity contribution is -0.137. The molecule has 180 valence electrons. The van der Waals surface area contributed by atoms with E-state index in [-0.39, 0.29) is 23.8 Å². The van der Waals surface area contributed by atoms with Crippen molar-refractivity contribution in [2.24, 2.45) is 5.92 Å². The third kappa shape index (κ3) is 4.64. The first kappa shape index (κ1) is 22.8. The third-order valence-electron chi connectivity index (χ3n) is 7.46. The molecule has 8 nitrogen and oxygen atoms in total. The molecule has 3 aliphatic rings. The molecule has 1 spiro atoms. The summed E-state index contributed by atoms with van der Waals surface area (Å²) in [5.41, 5.74) is 0.775. The summed E-state index contributed by atoms with van der Waals surface area (Å²) in [4.78, 5) is 38.3. The highest BCUT2D eigenvalue weighted by Crippen LogP contribution is 2.49. The molecule has 2 fully saturated rings. The number of esters is 1. The maximum Gasteiger partial charge on any atom is 0.339 e. The molecule has 1 aromatic carbocycles. The zero-order valence-electron chi connectivity index (χ0n) is 19.7. The van der Waals surface area contributed by atoms with E-state index in [4.69, 9.17) is 9.47 Å². The van der Waals surface area contributed by atoms with Gasteiger partial charge in [-0.15, -0.1) is 0 Å². The second kappa shape index (κ2) is 9.70. The number of hydrogen-bond acceptors (Lipinski definition) is 7. The van der Waals surface area contributed by atoms with Gasteiger partial charge in [-0.25, -0.2) is 14.8 Å². The zero-order chi connectivity index (χ0) is 23.5. The van der Waals surface area contributed by atoms with Gasteiger partial charge >= 0.3 is 12.0 Å². The van der Waals surface area contributed by atoms with Crippen molar-refractivity contribution in [2.75, 3.05) is 33.2 Å². The first-order valence-electron chi connectivity index (χ1n) is 12.3. The van der Waals surface area contributed by atoms with Gasteiger partial charge in [-0.1, -0.05) is 12.5 Å². The second-order valence-electron chi connectivity index (χ2n) is 9.66. The number of amides is 1. The first-order chi connectivity index (χ1) is 16.5. The molecule has 0 unspecified atom stereocenters. The van der Waals surface area contributed by atoms with E-state index in [9.17, 15) is 9.59 Å². The van der Waals surface area contributed by atoms with E-state index >= 15 is 0 Å². The van der Waals surface area contributed by atoms with Crippen molar-refractivity contribution in [3.05, 3.63) is 47.8 Å². The van der Waals surface area contributed by atoms with Crippen LogP contribution in [0.25, 0.3) is 0 Å². The average molecular weight is 465 g/mol. The number of likely N-dealkylation sites (tertiary alicyclic amines) is 1. The number of rotatable bonds is 6. The highest BCUT2D eigenvalue weighted by Gasteiger charge is 2.48. The summed E-state index contributed by atoms with van der Waals surface area (Å²) >= 11 is 0. The van der Waals surface area contributed by atoms with Gasteiger partial charge in [0.2, 0.25) is 5.91 Å². The Hall–Kier alpha value is -3.00. The molecule has 0 N–H and O–H groups in total. The van der Waals surface area contributed by atoms with Gasteiger partial charge in [0.25, 0.3) is 0 Å². The minimum absolute atomic E-state index is 0.0161. The molecule has 1 amide bonds. The fourth-order valence-corrected chi connectivity index (χ4v) is 5.48. The van der Waals surface area contributed by atoms with Gasteiger partial charge in [0.1, 0.15) is 11.4 Å². The third-order valence-corrected chi connectivity index (χ3v) is 7.46. The molecule has 5 rings (SSSR count). The van der Waals surface area contributed by atoms with Gasteiger partial charge in [0, 0.05) is 44.0 Å². The summed E-state index contributed by atoms with van der Waals surface area (Å²) in [6.45, 7) is 4.00. The summed E-state index contributed by atoms with van der Waals surface area (Å²) < 4.78 is 11.6. The van der Waals surface area contributed by atoms with Crippen LogP contribution in [0.15, 0.2) is 36.7 Å². The van der Waals surface area contributed by atoms with E-state index in [1.807, 2.05) is 24.1 Å². The number of hydrogen-bond donors (Lipinski definition) is 0. The van der Waals surface area contributed by atoms with E-state index < -0.39 is 5.60 Å². The number of ether oxygens (including phenoxy) is 2. The highest BCUT2D eigenvalue weighted by atomic mass is 16.6. The second-order valence-corrected chi connectivity index (χ2v) is 9.66. The Morgan fingerprint density at radius 3 is 2.65 bits per heavy atom. The SMILES string of the molecule is CN(CCN1CCCCC1)C(=O)C1CCC2(CC1)OC(=O)c1cc(Oc3ncccn3)ccc12. The lowest BCUT2D eigenvalue weighted by Crippen LogP contribution is -2.43. The van der Waals surface area contributed by atoms with Crippen molar-refractivity contribution in [3.63, 3.8) is 0 Å². The Bertz CT molecular complexity index is 1030. The quantitative estimate of drug-likeness (QED) is 0.602. The molecular formula is C26H32N4O4. The molecular weight excluding hydrogens is 432 g/mol. The van der Waals surface area contributed by atoms with Crippen LogP contribution in [0.3, 0.4) is 0 Å². The summed E-state index contributed by atoms with van der Waals surface area (Å²) in [5, 5.41) is 0.